The summed E-state index contributed by atoms with van der Waals surface area (Å²) in [6.07, 6.45) is 7.83. The molecule has 0 saturated carbocycles. The van der Waals surface area contributed by atoms with Crippen molar-refractivity contribution in [2.75, 3.05) is 25.5 Å². The topological polar surface area (TPSA) is 48.5 Å². The lowest BCUT2D eigenvalue weighted by atomic mass is 9.96. The van der Waals surface area contributed by atoms with Gasteiger partial charge in [-0.1, -0.05) is 18.9 Å². The molecular weight excluding hydrogens is 288 g/mol. The fraction of sp³-hybridized carbons (Fsp3) is 0.667. The number of nitrogens with one attached hydrogen (secondary N) is 1. The Morgan fingerprint density at radius 3 is 2.91 bits per heavy atom. The first kappa shape index (κ1) is 16.2. The standard InChI is InChI=1S/C18H28N4O/c1-14(23)22-12-9-16-17(22)8-4-3-5-11-21(16)13-15-7-6-10-20-18(15)19-2/h6-7,10,16-17H,3-5,8-9,11-13H2,1-2H3,(H,19,20)/t16-,17+/m0/s1. The number of pyridine rings is 1. The summed E-state index contributed by atoms with van der Waals surface area (Å²) in [4.78, 5) is 21.1. The van der Waals surface area contributed by atoms with Crippen LogP contribution in [0.1, 0.15) is 44.6 Å². The largest absolute Gasteiger partial charge is 0.373 e. The average Bonchev–Trinajstić information content (AvgIpc) is 2.95. The van der Waals surface area contributed by atoms with Gasteiger partial charge in [-0.25, -0.2) is 4.98 Å². The molecule has 3 rings (SSSR count). The second kappa shape index (κ2) is 7.30. The van der Waals surface area contributed by atoms with Gasteiger partial charge in [0, 0.05) is 50.9 Å². The van der Waals surface area contributed by atoms with Crippen LogP contribution in [-0.2, 0) is 11.3 Å². The van der Waals surface area contributed by atoms with Crippen LogP contribution in [0, 0.1) is 0 Å². The third-order valence-corrected chi connectivity index (χ3v) is 5.33. The third kappa shape index (κ3) is 3.50. The van der Waals surface area contributed by atoms with Gasteiger partial charge in [0.1, 0.15) is 5.82 Å². The first-order valence-electron chi connectivity index (χ1n) is 8.83. The molecule has 1 amide bonds. The lowest BCUT2D eigenvalue weighted by molar-refractivity contribution is -0.130. The van der Waals surface area contributed by atoms with E-state index < -0.39 is 0 Å². The van der Waals surface area contributed by atoms with Gasteiger partial charge in [0.2, 0.25) is 5.91 Å². The van der Waals surface area contributed by atoms with Gasteiger partial charge in [0.15, 0.2) is 0 Å². The zero-order chi connectivity index (χ0) is 16.2. The van der Waals surface area contributed by atoms with Gasteiger partial charge in [-0.2, -0.15) is 0 Å². The van der Waals surface area contributed by atoms with Gasteiger partial charge in [-0.3, -0.25) is 9.69 Å². The van der Waals surface area contributed by atoms with E-state index in [-0.39, 0.29) is 5.91 Å². The third-order valence-electron chi connectivity index (χ3n) is 5.33. The summed E-state index contributed by atoms with van der Waals surface area (Å²) in [6, 6.07) is 5.05. The fourth-order valence-corrected chi connectivity index (χ4v) is 4.22. The number of carbonyl (C=O) groups is 1. The van der Waals surface area contributed by atoms with Crippen molar-refractivity contribution in [2.45, 2.75) is 57.7 Å². The maximum absolute atomic E-state index is 12.0. The first-order valence-corrected chi connectivity index (χ1v) is 8.83. The fourth-order valence-electron chi connectivity index (χ4n) is 4.22. The number of aromatic nitrogens is 1. The Morgan fingerprint density at radius 1 is 1.26 bits per heavy atom. The summed E-state index contributed by atoms with van der Waals surface area (Å²) in [5.41, 5.74) is 1.25. The molecular formula is C18H28N4O. The summed E-state index contributed by atoms with van der Waals surface area (Å²) in [7, 11) is 1.93. The zero-order valence-corrected chi connectivity index (χ0v) is 14.3. The van der Waals surface area contributed by atoms with E-state index in [1.807, 2.05) is 19.3 Å². The number of hydrogen-bond acceptors (Lipinski definition) is 4. The maximum atomic E-state index is 12.0. The molecule has 2 aliphatic heterocycles. The number of nitrogens with zero attached hydrogens (tertiary/aromatic N) is 3. The van der Waals surface area contributed by atoms with E-state index in [0.29, 0.717) is 12.1 Å². The number of amides is 1. The highest BCUT2D eigenvalue weighted by atomic mass is 16.2. The Kier molecular flexibility index (Phi) is 5.16. The van der Waals surface area contributed by atoms with Crippen molar-refractivity contribution in [1.29, 1.82) is 0 Å². The molecule has 3 heterocycles. The van der Waals surface area contributed by atoms with Crippen molar-refractivity contribution in [3.63, 3.8) is 0 Å². The van der Waals surface area contributed by atoms with E-state index in [9.17, 15) is 4.79 Å². The molecule has 23 heavy (non-hydrogen) atoms. The van der Waals surface area contributed by atoms with Gasteiger partial charge in [-0.05, 0) is 31.9 Å². The van der Waals surface area contributed by atoms with Crippen molar-refractivity contribution in [2.24, 2.45) is 0 Å². The molecule has 0 spiro atoms. The molecule has 1 aromatic heterocycles. The van der Waals surface area contributed by atoms with Crippen molar-refractivity contribution in [3.05, 3.63) is 23.9 Å². The highest BCUT2D eigenvalue weighted by molar-refractivity contribution is 5.74. The highest BCUT2D eigenvalue weighted by Crippen LogP contribution is 2.31. The number of likely N-dealkylation sites (tertiary alicyclic amines) is 2. The molecule has 0 bridgehead atoms. The average molecular weight is 316 g/mol. The van der Waals surface area contributed by atoms with Crippen LogP contribution in [0.5, 0.6) is 0 Å². The summed E-state index contributed by atoms with van der Waals surface area (Å²) in [6.45, 7) is 4.65. The molecule has 2 saturated heterocycles. The molecule has 2 atom stereocenters. The van der Waals surface area contributed by atoms with Crippen molar-refractivity contribution in [3.8, 4) is 0 Å². The maximum Gasteiger partial charge on any atom is 0.219 e. The van der Waals surface area contributed by atoms with Crippen LogP contribution in [0.25, 0.3) is 0 Å². The van der Waals surface area contributed by atoms with Gasteiger partial charge in [0.25, 0.3) is 0 Å². The predicted octanol–water partition coefficient (Wildman–Crippen LogP) is 2.49. The number of carbonyl (C=O) groups excluding carboxylic acids is 1. The Balaban J connectivity index is 1.80. The van der Waals surface area contributed by atoms with Crippen LogP contribution in [0.15, 0.2) is 18.3 Å². The number of anilines is 1. The van der Waals surface area contributed by atoms with E-state index in [2.05, 4.69) is 26.2 Å². The second-order valence-electron chi connectivity index (χ2n) is 6.72. The summed E-state index contributed by atoms with van der Waals surface area (Å²) in [5, 5.41) is 3.20. The lowest BCUT2D eigenvalue weighted by Gasteiger charge is -2.37. The van der Waals surface area contributed by atoms with Crippen LogP contribution in [0.4, 0.5) is 5.82 Å². The van der Waals surface area contributed by atoms with E-state index in [0.717, 1.165) is 38.3 Å². The summed E-state index contributed by atoms with van der Waals surface area (Å²) >= 11 is 0. The molecule has 5 nitrogen and oxygen atoms in total. The summed E-state index contributed by atoms with van der Waals surface area (Å²) in [5.74, 6) is 1.20. The molecule has 0 aliphatic carbocycles. The number of fused-ring (bicyclic) bond motifs is 1. The van der Waals surface area contributed by atoms with E-state index >= 15 is 0 Å². The highest BCUT2D eigenvalue weighted by Gasteiger charge is 2.39. The smallest absolute Gasteiger partial charge is 0.219 e. The number of rotatable bonds is 3. The van der Waals surface area contributed by atoms with Gasteiger partial charge >= 0.3 is 0 Å². The molecule has 1 aromatic rings. The molecule has 5 heteroatoms. The monoisotopic (exact) mass is 316 g/mol. The van der Waals surface area contributed by atoms with E-state index in [1.54, 1.807) is 6.92 Å². The minimum Gasteiger partial charge on any atom is -0.373 e. The SMILES string of the molecule is CNc1ncccc1CN1CCCCC[C@@H]2[C@@H]1CCN2C(C)=O. The molecule has 2 fully saturated rings. The van der Waals surface area contributed by atoms with Crippen LogP contribution < -0.4 is 5.32 Å². The van der Waals surface area contributed by atoms with Gasteiger partial charge in [-0.15, -0.1) is 0 Å². The molecule has 1 N–H and O–H groups in total. The van der Waals surface area contributed by atoms with E-state index in [1.165, 1.54) is 24.8 Å². The quantitative estimate of drug-likeness (QED) is 0.931. The zero-order valence-electron chi connectivity index (χ0n) is 14.3. The Labute approximate surface area is 139 Å². The van der Waals surface area contributed by atoms with Crippen LogP contribution in [0.2, 0.25) is 0 Å². The predicted molar refractivity (Wildman–Crippen MR) is 92.2 cm³/mol. The van der Waals surface area contributed by atoms with Crippen LogP contribution in [0.3, 0.4) is 0 Å². The first-order chi connectivity index (χ1) is 11.2. The molecule has 2 aliphatic rings. The van der Waals surface area contributed by atoms with Gasteiger partial charge in [0.05, 0.1) is 0 Å². The van der Waals surface area contributed by atoms with Crippen LogP contribution in [-0.4, -0.2) is 52.9 Å². The molecule has 126 valence electrons. The van der Waals surface area contributed by atoms with Crippen LogP contribution >= 0.6 is 0 Å². The van der Waals surface area contributed by atoms with E-state index in [4.69, 9.17) is 0 Å². The van der Waals surface area contributed by atoms with Crippen molar-refractivity contribution >= 4 is 11.7 Å². The molecule has 0 aromatic carbocycles. The Morgan fingerprint density at radius 2 is 2.13 bits per heavy atom. The second-order valence-corrected chi connectivity index (χ2v) is 6.72. The Bertz CT molecular complexity index is 548. The summed E-state index contributed by atoms with van der Waals surface area (Å²) < 4.78 is 0. The Hall–Kier alpha value is -1.62. The normalized spacial score (nSPS) is 25.6. The van der Waals surface area contributed by atoms with Gasteiger partial charge < -0.3 is 10.2 Å². The number of hydrogen-bond donors (Lipinski definition) is 1. The molecule has 0 radical (unpaired) electrons. The lowest BCUT2D eigenvalue weighted by Crippen LogP contribution is -2.47. The van der Waals surface area contributed by atoms with Crippen molar-refractivity contribution in [1.82, 2.24) is 14.8 Å². The molecule has 0 unspecified atom stereocenters. The minimum atomic E-state index is 0.232. The minimum absolute atomic E-state index is 0.232. The van der Waals surface area contributed by atoms with Crippen molar-refractivity contribution < 1.29 is 4.79 Å².